The number of fused-ring (bicyclic) bond motifs is 1. The number of nitrogens with zero attached hydrogens (tertiary/aromatic N) is 2. The van der Waals surface area contributed by atoms with E-state index in [1.165, 1.54) is 16.9 Å². The molecule has 0 N–H and O–H groups in total. The Morgan fingerprint density at radius 3 is 2.64 bits per heavy atom. The summed E-state index contributed by atoms with van der Waals surface area (Å²) in [6.07, 6.45) is 2.56. The maximum absolute atomic E-state index is 13.2. The summed E-state index contributed by atoms with van der Waals surface area (Å²) in [6, 6.07) is 13.7. The first-order valence-corrected chi connectivity index (χ1v) is 10.0. The zero-order chi connectivity index (χ0) is 19.7. The number of methoxy groups -OCH3 is 2. The van der Waals surface area contributed by atoms with Crippen molar-refractivity contribution in [2.24, 2.45) is 0 Å². The predicted octanol–water partition coefficient (Wildman–Crippen LogP) is 4.59. The molecule has 3 aromatic rings. The van der Waals surface area contributed by atoms with Gasteiger partial charge in [-0.05, 0) is 60.9 Å². The van der Waals surface area contributed by atoms with Gasteiger partial charge in [-0.3, -0.25) is 9.78 Å². The van der Waals surface area contributed by atoms with Gasteiger partial charge in [0.15, 0.2) is 11.5 Å². The lowest BCUT2D eigenvalue weighted by Crippen LogP contribution is -2.38. The Hall–Kier alpha value is -2.86. The van der Waals surface area contributed by atoms with Gasteiger partial charge in [0.2, 0.25) is 0 Å². The number of ether oxygens (including phenoxy) is 2. The molecule has 144 valence electrons. The number of aromatic nitrogens is 1. The van der Waals surface area contributed by atoms with Gasteiger partial charge in [-0.2, -0.15) is 0 Å². The van der Waals surface area contributed by atoms with Gasteiger partial charge in [-0.25, -0.2) is 0 Å². The Balaban J connectivity index is 1.61. The highest BCUT2D eigenvalue weighted by atomic mass is 32.1. The molecule has 2 aromatic heterocycles. The van der Waals surface area contributed by atoms with E-state index < -0.39 is 0 Å². The van der Waals surface area contributed by atoms with Crippen LogP contribution < -0.4 is 9.47 Å². The zero-order valence-electron chi connectivity index (χ0n) is 16.1. The highest BCUT2D eigenvalue weighted by Crippen LogP contribution is 2.39. The van der Waals surface area contributed by atoms with Crippen LogP contribution in [0, 0.1) is 0 Å². The number of hydrogen-bond acceptors (Lipinski definition) is 5. The van der Waals surface area contributed by atoms with Crippen LogP contribution in [0.1, 0.15) is 33.8 Å². The highest BCUT2D eigenvalue weighted by Gasteiger charge is 2.30. The fourth-order valence-electron chi connectivity index (χ4n) is 3.66. The molecule has 4 rings (SSSR count). The molecule has 0 spiro atoms. The monoisotopic (exact) mass is 394 g/mol. The Morgan fingerprint density at radius 1 is 1.14 bits per heavy atom. The Labute approximate surface area is 168 Å². The van der Waals surface area contributed by atoms with E-state index in [0.717, 1.165) is 33.2 Å². The summed E-state index contributed by atoms with van der Waals surface area (Å²) in [5, 5.41) is 0. The van der Waals surface area contributed by atoms with E-state index in [1.54, 1.807) is 20.4 Å². The van der Waals surface area contributed by atoms with Crippen molar-refractivity contribution in [2.75, 3.05) is 20.8 Å². The summed E-state index contributed by atoms with van der Waals surface area (Å²) >= 11 is 1.49. The van der Waals surface area contributed by atoms with Crippen LogP contribution in [-0.2, 0) is 6.42 Å². The molecule has 6 heteroatoms. The molecule has 1 aliphatic rings. The Bertz CT molecular complexity index is 1000. The smallest absolute Gasteiger partial charge is 0.264 e. The average molecular weight is 394 g/mol. The third-order valence-electron chi connectivity index (χ3n) is 5.18. The SMILES string of the molecule is COc1cc2c(cc1OC)[C@H](C)N(C(=O)c1ccc(-c3ccccn3)s1)CC2. The van der Waals surface area contributed by atoms with Crippen molar-refractivity contribution >= 4 is 17.2 Å². The van der Waals surface area contributed by atoms with E-state index in [2.05, 4.69) is 11.9 Å². The molecule has 0 bridgehead atoms. The van der Waals surface area contributed by atoms with Gasteiger partial charge in [0.05, 0.1) is 35.7 Å². The van der Waals surface area contributed by atoms with E-state index in [-0.39, 0.29) is 11.9 Å². The fraction of sp³-hybridized carbons (Fsp3) is 0.273. The molecule has 1 amide bonds. The standard InChI is InChI=1S/C22H22N2O3S/c1-14-16-13-19(27-3)18(26-2)12-15(16)9-11-24(14)22(25)21-8-7-20(28-21)17-6-4-5-10-23-17/h4-8,10,12-14H,9,11H2,1-3H3/t14-/m0/s1. The van der Waals surface area contributed by atoms with Crippen molar-refractivity contribution in [3.8, 4) is 22.1 Å². The normalized spacial score (nSPS) is 15.8. The summed E-state index contributed by atoms with van der Waals surface area (Å²) < 4.78 is 10.9. The van der Waals surface area contributed by atoms with Crippen LogP contribution in [-0.4, -0.2) is 36.6 Å². The lowest BCUT2D eigenvalue weighted by Gasteiger charge is -2.35. The van der Waals surface area contributed by atoms with E-state index in [1.807, 2.05) is 47.4 Å². The zero-order valence-corrected chi connectivity index (χ0v) is 17.0. The van der Waals surface area contributed by atoms with Crippen molar-refractivity contribution in [3.63, 3.8) is 0 Å². The number of benzene rings is 1. The molecule has 28 heavy (non-hydrogen) atoms. The second-order valence-corrected chi connectivity index (χ2v) is 7.79. The second-order valence-electron chi connectivity index (χ2n) is 6.71. The minimum absolute atomic E-state index is 0.0311. The molecule has 0 unspecified atom stereocenters. The molecule has 1 aliphatic heterocycles. The van der Waals surface area contributed by atoms with Gasteiger partial charge in [0.25, 0.3) is 5.91 Å². The van der Waals surface area contributed by atoms with Gasteiger partial charge >= 0.3 is 0 Å². The summed E-state index contributed by atoms with van der Waals surface area (Å²) in [5.74, 6) is 1.47. The first kappa shape index (κ1) is 18.5. The van der Waals surface area contributed by atoms with E-state index in [4.69, 9.17) is 9.47 Å². The summed E-state index contributed by atoms with van der Waals surface area (Å²) in [6.45, 7) is 2.74. The average Bonchev–Trinajstić information content (AvgIpc) is 3.23. The predicted molar refractivity (Wildman–Crippen MR) is 110 cm³/mol. The van der Waals surface area contributed by atoms with Gasteiger partial charge in [0, 0.05) is 12.7 Å². The maximum atomic E-state index is 13.2. The van der Waals surface area contributed by atoms with Gasteiger partial charge in [-0.15, -0.1) is 11.3 Å². The van der Waals surface area contributed by atoms with Crippen LogP contribution in [0.5, 0.6) is 11.5 Å². The quantitative estimate of drug-likeness (QED) is 0.650. The van der Waals surface area contributed by atoms with E-state index in [0.29, 0.717) is 12.3 Å². The fourth-order valence-corrected chi connectivity index (χ4v) is 4.60. The number of carbonyl (C=O) groups excluding carboxylic acids is 1. The largest absolute Gasteiger partial charge is 0.493 e. The maximum Gasteiger partial charge on any atom is 0.264 e. The third-order valence-corrected chi connectivity index (χ3v) is 6.28. The number of rotatable bonds is 4. The van der Waals surface area contributed by atoms with Crippen LogP contribution in [0.2, 0.25) is 0 Å². The van der Waals surface area contributed by atoms with Gasteiger partial charge in [0.1, 0.15) is 0 Å². The molecule has 3 heterocycles. The van der Waals surface area contributed by atoms with E-state index >= 15 is 0 Å². The van der Waals surface area contributed by atoms with Crippen LogP contribution in [0.4, 0.5) is 0 Å². The number of pyridine rings is 1. The lowest BCUT2D eigenvalue weighted by atomic mass is 9.92. The molecular formula is C22H22N2O3S. The highest BCUT2D eigenvalue weighted by molar-refractivity contribution is 7.17. The summed E-state index contributed by atoms with van der Waals surface area (Å²) in [5.41, 5.74) is 3.20. The molecule has 0 saturated carbocycles. The molecule has 0 fully saturated rings. The third kappa shape index (κ3) is 3.24. The van der Waals surface area contributed by atoms with Crippen molar-refractivity contribution in [2.45, 2.75) is 19.4 Å². The lowest BCUT2D eigenvalue weighted by molar-refractivity contribution is 0.0682. The van der Waals surface area contributed by atoms with E-state index in [9.17, 15) is 4.79 Å². The summed E-state index contributed by atoms with van der Waals surface area (Å²) in [4.78, 5) is 21.2. The van der Waals surface area contributed by atoms with Gasteiger partial charge in [-0.1, -0.05) is 6.07 Å². The minimum Gasteiger partial charge on any atom is -0.493 e. The molecule has 1 aromatic carbocycles. The minimum atomic E-state index is -0.0311. The van der Waals surface area contributed by atoms with Gasteiger partial charge < -0.3 is 14.4 Å². The number of carbonyl (C=O) groups is 1. The molecular weight excluding hydrogens is 372 g/mol. The van der Waals surface area contributed by atoms with Crippen LogP contribution in [0.3, 0.4) is 0 Å². The number of thiophene rings is 1. The van der Waals surface area contributed by atoms with Crippen molar-refractivity contribution in [1.29, 1.82) is 0 Å². The van der Waals surface area contributed by atoms with Crippen molar-refractivity contribution in [3.05, 3.63) is 64.7 Å². The van der Waals surface area contributed by atoms with Crippen molar-refractivity contribution < 1.29 is 14.3 Å². The number of amides is 1. The molecule has 0 saturated heterocycles. The number of hydrogen-bond donors (Lipinski definition) is 0. The molecule has 0 radical (unpaired) electrons. The first-order valence-electron chi connectivity index (χ1n) is 9.19. The van der Waals surface area contributed by atoms with Crippen LogP contribution in [0.15, 0.2) is 48.7 Å². The van der Waals surface area contributed by atoms with Crippen LogP contribution >= 0.6 is 11.3 Å². The molecule has 1 atom stereocenters. The first-order chi connectivity index (χ1) is 13.6. The topological polar surface area (TPSA) is 51.7 Å². The second kappa shape index (κ2) is 7.64. The Morgan fingerprint density at radius 2 is 1.93 bits per heavy atom. The Kier molecular flexibility index (Phi) is 5.05. The summed E-state index contributed by atoms with van der Waals surface area (Å²) in [7, 11) is 3.27. The van der Waals surface area contributed by atoms with Crippen molar-refractivity contribution in [1.82, 2.24) is 9.88 Å². The van der Waals surface area contributed by atoms with Crippen LogP contribution in [0.25, 0.3) is 10.6 Å². The molecule has 5 nitrogen and oxygen atoms in total. The molecule has 0 aliphatic carbocycles.